The van der Waals surface area contributed by atoms with E-state index < -0.39 is 12.0 Å². The highest BCUT2D eigenvalue weighted by Crippen LogP contribution is 2.49. The van der Waals surface area contributed by atoms with Crippen molar-refractivity contribution in [3.8, 4) is 0 Å². The molecular formula is C21H19ClFN3O2. The number of carbonyl (C=O) groups is 2. The van der Waals surface area contributed by atoms with Crippen molar-refractivity contribution in [2.75, 3.05) is 18.0 Å². The van der Waals surface area contributed by atoms with Gasteiger partial charge < -0.3 is 0 Å². The number of hydrogen-bond donors (Lipinski definition) is 0. The number of benzene rings is 2. The molecule has 0 bridgehead atoms. The fraction of sp³-hybridized carbons (Fsp3) is 0.333. The van der Waals surface area contributed by atoms with Crippen molar-refractivity contribution < 1.29 is 14.0 Å². The van der Waals surface area contributed by atoms with Gasteiger partial charge in [-0.1, -0.05) is 29.8 Å². The van der Waals surface area contributed by atoms with Crippen LogP contribution >= 0.6 is 11.6 Å². The summed E-state index contributed by atoms with van der Waals surface area (Å²) in [5.74, 6) is -1.27. The number of aryl methyl sites for hydroxylation is 1. The van der Waals surface area contributed by atoms with E-state index in [9.17, 15) is 14.0 Å². The van der Waals surface area contributed by atoms with Crippen LogP contribution in [0.2, 0.25) is 5.02 Å². The zero-order chi connectivity index (χ0) is 19.6. The Labute approximate surface area is 167 Å². The molecule has 28 heavy (non-hydrogen) atoms. The molecule has 0 saturated carbocycles. The molecule has 7 heteroatoms. The number of nitrogens with zero attached hydrogens (tertiary/aromatic N) is 3. The number of carbonyl (C=O) groups excluding carboxylic acids is 2. The summed E-state index contributed by atoms with van der Waals surface area (Å²) < 4.78 is 13.4. The first-order valence-corrected chi connectivity index (χ1v) is 9.78. The van der Waals surface area contributed by atoms with Gasteiger partial charge in [0.2, 0.25) is 5.91 Å². The molecule has 3 heterocycles. The molecule has 0 N–H and O–H groups in total. The third kappa shape index (κ3) is 2.45. The Morgan fingerprint density at radius 1 is 0.964 bits per heavy atom. The van der Waals surface area contributed by atoms with Crippen molar-refractivity contribution in [2.24, 2.45) is 5.92 Å². The number of rotatable bonds is 2. The number of anilines is 1. The Kier molecular flexibility index (Phi) is 4.05. The van der Waals surface area contributed by atoms with Crippen molar-refractivity contribution in [1.29, 1.82) is 0 Å². The molecule has 5 nitrogen and oxygen atoms in total. The molecule has 3 atom stereocenters. The fourth-order valence-corrected chi connectivity index (χ4v) is 4.92. The van der Waals surface area contributed by atoms with Crippen molar-refractivity contribution in [3.05, 3.63) is 64.4 Å². The fourth-order valence-electron chi connectivity index (χ4n) is 4.75. The third-order valence-corrected chi connectivity index (χ3v) is 6.44. The predicted octanol–water partition coefficient (Wildman–Crippen LogP) is 3.32. The lowest BCUT2D eigenvalue weighted by Gasteiger charge is -2.29. The van der Waals surface area contributed by atoms with E-state index in [0.717, 1.165) is 30.6 Å². The molecule has 0 spiro atoms. The van der Waals surface area contributed by atoms with Crippen LogP contribution < -0.4 is 4.90 Å². The summed E-state index contributed by atoms with van der Waals surface area (Å²) in [7, 11) is 0. The summed E-state index contributed by atoms with van der Waals surface area (Å²) in [6.07, 6.45) is 0.929. The van der Waals surface area contributed by atoms with Gasteiger partial charge in [0, 0.05) is 18.1 Å². The van der Waals surface area contributed by atoms with Crippen molar-refractivity contribution in [2.45, 2.75) is 25.4 Å². The van der Waals surface area contributed by atoms with Gasteiger partial charge in [-0.2, -0.15) is 0 Å². The zero-order valence-electron chi connectivity index (χ0n) is 15.3. The van der Waals surface area contributed by atoms with Crippen LogP contribution in [0.25, 0.3) is 0 Å². The molecule has 2 amide bonds. The first kappa shape index (κ1) is 17.8. The molecule has 3 aliphatic rings. The van der Waals surface area contributed by atoms with Gasteiger partial charge in [0.25, 0.3) is 5.91 Å². The van der Waals surface area contributed by atoms with Crippen molar-refractivity contribution in [3.63, 3.8) is 0 Å². The number of amides is 2. The Balaban J connectivity index is 1.58. The van der Waals surface area contributed by atoms with E-state index in [-0.39, 0.29) is 23.7 Å². The molecule has 144 valence electrons. The number of fused-ring (bicyclic) bond motifs is 3. The Hall–Kier alpha value is -2.28. The lowest BCUT2D eigenvalue weighted by Crippen LogP contribution is -2.44. The van der Waals surface area contributed by atoms with E-state index in [1.807, 2.05) is 18.0 Å². The number of halogens is 2. The standard InChI is InChI=1S/C21H19ClFN3O2/c1-12-3-8-15(11-16(12)22)26-20(27)17-18(13-4-6-14(23)7-5-13)24-9-2-10-25(24)19(17)21(26)28/h3-8,11,17-19H,2,9-10H2,1H3/t17-,18+,19-/m0/s1. The SMILES string of the molecule is Cc1ccc(N2C(=O)[C@@H]3[C@@H](C2=O)N2CCCN2[C@@H]3c2ccc(F)cc2)cc1Cl. The van der Waals surface area contributed by atoms with E-state index >= 15 is 0 Å². The minimum absolute atomic E-state index is 0.216. The summed E-state index contributed by atoms with van der Waals surface area (Å²) in [6, 6.07) is 10.7. The average molecular weight is 400 g/mol. The highest BCUT2D eigenvalue weighted by molar-refractivity contribution is 6.32. The smallest absolute Gasteiger partial charge is 0.253 e. The van der Waals surface area contributed by atoms with E-state index in [1.54, 1.807) is 24.3 Å². The molecule has 0 unspecified atom stereocenters. The van der Waals surface area contributed by atoms with Gasteiger partial charge in [0.05, 0.1) is 17.6 Å². The summed E-state index contributed by atoms with van der Waals surface area (Å²) in [6.45, 7) is 3.40. The van der Waals surface area contributed by atoms with Crippen LogP contribution in [0.4, 0.5) is 10.1 Å². The Morgan fingerprint density at radius 2 is 1.64 bits per heavy atom. The van der Waals surface area contributed by atoms with Crippen LogP contribution in [0.5, 0.6) is 0 Å². The van der Waals surface area contributed by atoms with Crippen LogP contribution in [0, 0.1) is 18.7 Å². The summed E-state index contributed by atoms with van der Waals surface area (Å²) in [5.41, 5.74) is 2.24. The van der Waals surface area contributed by atoms with Crippen LogP contribution in [0.3, 0.4) is 0 Å². The molecule has 2 aromatic carbocycles. The number of imide groups is 1. The van der Waals surface area contributed by atoms with Crippen LogP contribution in [-0.4, -0.2) is 41.0 Å². The monoisotopic (exact) mass is 399 g/mol. The molecule has 2 aromatic rings. The highest BCUT2D eigenvalue weighted by Gasteiger charge is 2.62. The Morgan fingerprint density at radius 3 is 2.32 bits per heavy atom. The minimum atomic E-state index is -0.523. The maximum Gasteiger partial charge on any atom is 0.253 e. The normalized spacial score (nSPS) is 27.5. The third-order valence-electron chi connectivity index (χ3n) is 6.03. The second-order valence-corrected chi connectivity index (χ2v) is 8.00. The molecule has 5 rings (SSSR count). The lowest BCUT2D eigenvalue weighted by atomic mass is 9.90. The van der Waals surface area contributed by atoms with E-state index in [4.69, 9.17) is 11.6 Å². The van der Waals surface area contributed by atoms with Crippen LogP contribution in [0.1, 0.15) is 23.6 Å². The number of hydrogen-bond acceptors (Lipinski definition) is 4. The highest BCUT2D eigenvalue weighted by atomic mass is 35.5. The molecule has 0 radical (unpaired) electrons. The van der Waals surface area contributed by atoms with Crippen LogP contribution in [-0.2, 0) is 9.59 Å². The second kappa shape index (κ2) is 6.37. The first-order valence-electron chi connectivity index (χ1n) is 9.40. The Bertz CT molecular complexity index is 980. The minimum Gasteiger partial charge on any atom is -0.274 e. The summed E-state index contributed by atoms with van der Waals surface area (Å²) in [4.78, 5) is 28.0. The average Bonchev–Trinajstić information content (AvgIpc) is 3.31. The van der Waals surface area contributed by atoms with E-state index in [0.29, 0.717) is 10.7 Å². The van der Waals surface area contributed by atoms with E-state index in [1.165, 1.54) is 17.0 Å². The molecule has 0 aliphatic carbocycles. The van der Waals surface area contributed by atoms with Crippen molar-refractivity contribution >= 4 is 29.1 Å². The van der Waals surface area contributed by atoms with Gasteiger partial charge in [-0.25, -0.2) is 19.3 Å². The quantitative estimate of drug-likeness (QED) is 0.727. The molecule has 3 aliphatic heterocycles. The molecule has 3 fully saturated rings. The van der Waals surface area contributed by atoms with Gasteiger partial charge in [0.1, 0.15) is 11.9 Å². The second-order valence-electron chi connectivity index (χ2n) is 7.59. The lowest BCUT2D eigenvalue weighted by molar-refractivity contribution is -0.126. The summed E-state index contributed by atoms with van der Waals surface area (Å²) >= 11 is 6.23. The largest absolute Gasteiger partial charge is 0.274 e. The van der Waals surface area contributed by atoms with Gasteiger partial charge in [0.15, 0.2) is 0 Å². The molecule has 0 aromatic heterocycles. The first-order chi connectivity index (χ1) is 13.5. The van der Waals surface area contributed by atoms with E-state index in [2.05, 4.69) is 5.01 Å². The predicted molar refractivity (Wildman–Crippen MR) is 103 cm³/mol. The van der Waals surface area contributed by atoms with Gasteiger partial charge in [-0.15, -0.1) is 0 Å². The van der Waals surface area contributed by atoms with Gasteiger partial charge >= 0.3 is 0 Å². The summed E-state index contributed by atoms with van der Waals surface area (Å²) in [5, 5.41) is 4.65. The molecule has 3 saturated heterocycles. The molecular weight excluding hydrogens is 381 g/mol. The van der Waals surface area contributed by atoms with Crippen molar-refractivity contribution in [1.82, 2.24) is 10.0 Å². The maximum absolute atomic E-state index is 13.4. The maximum atomic E-state index is 13.4. The zero-order valence-corrected chi connectivity index (χ0v) is 16.1. The topological polar surface area (TPSA) is 43.9 Å². The van der Waals surface area contributed by atoms with Gasteiger partial charge in [-0.05, 0) is 48.7 Å². The number of hydrazine groups is 1. The van der Waals surface area contributed by atoms with Gasteiger partial charge in [-0.3, -0.25) is 9.59 Å². The van der Waals surface area contributed by atoms with Crippen LogP contribution in [0.15, 0.2) is 42.5 Å².